The van der Waals surface area contributed by atoms with Gasteiger partial charge in [-0.1, -0.05) is 43.7 Å². The fourth-order valence-electron chi connectivity index (χ4n) is 5.24. The molecule has 9 heteroatoms. The molecular weight excluding hydrogens is 470 g/mol. The monoisotopic (exact) mass is 507 g/mol. The summed E-state index contributed by atoms with van der Waals surface area (Å²) in [6, 6.07) is 12.8. The topological polar surface area (TPSA) is 78.0 Å². The second kappa shape index (κ2) is 10.6. The predicted molar refractivity (Wildman–Crippen MR) is 137 cm³/mol. The van der Waals surface area contributed by atoms with Crippen LogP contribution < -0.4 is 0 Å². The molecule has 188 valence electrons. The Morgan fingerprint density at radius 3 is 2.32 bits per heavy atom. The highest BCUT2D eigenvalue weighted by atomic mass is 32.2. The van der Waals surface area contributed by atoms with E-state index >= 15 is 0 Å². The van der Waals surface area contributed by atoms with E-state index in [1.807, 2.05) is 37.3 Å². The fourth-order valence-corrected chi connectivity index (χ4v) is 8.95. The van der Waals surface area contributed by atoms with Gasteiger partial charge in [0.2, 0.25) is 10.0 Å². The van der Waals surface area contributed by atoms with Crippen LogP contribution in [0.4, 0.5) is 0 Å². The smallest absolute Gasteiger partial charge is 0.243 e. The average Bonchev–Trinajstić information content (AvgIpc) is 3.26. The van der Waals surface area contributed by atoms with E-state index in [-0.39, 0.29) is 29.7 Å². The molecule has 0 saturated carbocycles. The summed E-state index contributed by atoms with van der Waals surface area (Å²) < 4.78 is 55.0. The summed E-state index contributed by atoms with van der Waals surface area (Å²) in [7, 11) is -5.05. The zero-order chi connectivity index (χ0) is 24.3. The zero-order valence-corrected chi connectivity index (χ0v) is 21.9. The lowest BCUT2D eigenvalue weighted by atomic mass is 10.0. The quantitative estimate of drug-likeness (QED) is 0.519. The first kappa shape index (κ1) is 25.6. The Bertz CT molecular complexity index is 1190. The molecule has 2 aromatic carbocycles. The summed E-state index contributed by atoms with van der Waals surface area (Å²) in [6.45, 7) is 7.08. The highest BCUT2D eigenvalue weighted by Gasteiger charge is 2.44. The van der Waals surface area contributed by atoms with Crippen molar-refractivity contribution in [2.24, 2.45) is 5.92 Å². The fraction of sp³-hybridized carbons (Fsp3) is 0.600. The Labute approximate surface area is 204 Å². The molecule has 0 aliphatic carbocycles. The largest absolute Gasteiger partial charge is 0.304 e. The summed E-state index contributed by atoms with van der Waals surface area (Å²) in [4.78, 5) is 4.84. The second-order valence-corrected chi connectivity index (χ2v) is 14.1. The van der Waals surface area contributed by atoms with Crippen molar-refractivity contribution in [1.29, 1.82) is 0 Å². The van der Waals surface area contributed by atoms with Crippen molar-refractivity contribution < 1.29 is 16.8 Å². The molecule has 2 atom stereocenters. The summed E-state index contributed by atoms with van der Waals surface area (Å²) in [5.74, 6) is -0.0393. The summed E-state index contributed by atoms with van der Waals surface area (Å²) in [5.41, 5.74) is 0. The summed E-state index contributed by atoms with van der Waals surface area (Å²) >= 11 is 0. The van der Waals surface area contributed by atoms with Crippen LogP contribution in [0.3, 0.4) is 0 Å². The van der Waals surface area contributed by atoms with E-state index < -0.39 is 25.1 Å². The molecule has 2 aliphatic heterocycles. The van der Waals surface area contributed by atoms with E-state index in [1.54, 1.807) is 12.1 Å². The first-order chi connectivity index (χ1) is 16.2. The maximum Gasteiger partial charge on any atom is 0.243 e. The standard InChI is InChI=1S/C25H37N3O4S2/c1-3-7-23-19-28(34(31,32)24-11-10-21-8-4-5-9-22(21)18-24)20-25(23)33(29,30)17-6-12-27-15-13-26(2)14-16-27/h4-5,8-11,18,23,25H,3,6-7,12-17,19-20H2,1-2H3/t23-,25?/m1/s1. The lowest BCUT2D eigenvalue weighted by Gasteiger charge is -2.32. The molecule has 34 heavy (non-hydrogen) atoms. The predicted octanol–water partition coefficient (Wildman–Crippen LogP) is 2.68. The molecule has 0 bridgehead atoms. The number of sulfonamides is 1. The number of benzene rings is 2. The summed E-state index contributed by atoms with van der Waals surface area (Å²) in [6.07, 6.45) is 2.15. The zero-order valence-electron chi connectivity index (χ0n) is 20.3. The van der Waals surface area contributed by atoms with Gasteiger partial charge in [-0.2, -0.15) is 4.31 Å². The molecule has 0 amide bonds. The number of piperazine rings is 1. The normalized spacial score (nSPS) is 23.6. The van der Waals surface area contributed by atoms with Crippen molar-refractivity contribution in [2.45, 2.75) is 36.3 Å². The highest BCUT2D eigenvalue weighted by Crippen LogP contribution is 2.33. The van der Waals surface area contributed by atoms with Crippen LogP contribution in [0, 0.1) is 5.92 Å². The molecule has 2 aromatic rings. The Morgan fingerprint density at radius 1 is 0.912 bits per heavy atom. The van der Waals surface area contributed by atoms with Gasteiger partial charge >= 0.3 is 0 Å². The minimum Gasteiger partial charge on any atom is -0.304 e. The van der Waals surface area contributed by atoms with Gasteiger partial charge < -0.3 is 9.80 Å². The Morgan fingerprint density at radius 2 is 1.62 bits per heavy atom. The van der Waals surface area contributed by atoms with Crippen LogP contribution in [0.5, 0.6) is 0 Å². The van der Waals surface area contributed by atoms with Crippen LogP contribution in [-0.4, -0.2) is 94.8 Å². The third-order valence-electron chi connectivity index (χ3n) is 7.33. The molecule has 2 saturated heterocycles. The maximum atomic E-state index is 13.5. The second-order valence-electron chi connectivity index (χ2n) is 9.78. The third kappa shape index (κ3) is 5.65. The number of likely N-dealkylation sites (N-methyl/N-ethyl adjacent to an activating group) is 1. The lowest BCUT2D eigenvalue weighted by molar-refractivity contribution is 0.154. The molecule has 0 spiro atoms. The summed E-state index contributed by atoms with van der Waals surface area (Å²) in [5, 5.41) is 1.21. The van der Waals surface area contributed by atoms with E-state index in [0.29, 0.717) is 12.8 Å². The number of nitrogens with zero attached hydrogens (tertiary/aromatic N) is 3. The Hall–Kier alpha value is -1.52. The number of sulfone groups is 1. The Balaban J connectivity index is 1.46. The SMILES string of the molecule is CCC[C@@H]1CN(S(=O)(=O)c2ccc3ccccc3c2)CC1S(=O)(=O)CCCN1CCN(C)CC1. The minimum atomic E-state index is -3.76. The Kier molecular flexibility index (Phi) is 7.99. The van der Waals surface area contributed by atoms with E-state index in [2.05, 4.69) is 16.8 Å². The molecule has 0 N–H and O–H groups in total. The first-order valence-electron chi connectivity index (χ1n) is 12.3. The van der Waals surface area contributed by atoms with E-state index in [0.717, 1.165) is 49.9 Å². The van der Waals surface area contributed by atoms with Gasteiger partial charge in [0.15, 0.2) is 9.84 Å². The van der Waals surface area contributed by atoms with Crippen LogP contribution in [0.1, 0.15) is 26.2 Å². The van der Waals surface area contributed by atoms with Gasteiger partial charge in [-0.3, -0.25) is 0 Å². The van der Waals surface area contributed by atoms with Crippen LogP contribution in [0.25, 0.3) is 10.8 Å². The van der Waals surface area contributed by atoms with Crippen LogP contribution in [-0.2, 0) is 19.9 Å². The molecular formula is C25H37N3O4S2. The molecule has 4 rings (SSSR count). The molecule has 0 radical (unpaired) electrons. The van der Waals surface area contributed by atoms with E-state index in [4.69, 9.17) is 0 Å². The molecule has 7 nitrogen and oxygen atoms in total. The average molecular weight is 508 g/mol. The van der Waals surface area contributed by atoms with Gasteiger partial charge in [-0.15, -0.1) is 0 Å². The number of rotatable bonds is 9. The van der Waals surface area contributed by atoms with Crippen LogP contribution in [0.15, 0.2) is 47.4 Å². The van der Waals surface area contributed by atoms with E-state index in [9.17, 15) is 16.8 Å². The van der Waals surface area contributed by atoms with Crippen LogP contribution >= 0.6 is 0 Å². The van der Waals surface area contributed by atoms with E-state index in [1.165, 1.54) is 4.31 Å². The molecule has 0 aromatic heterocycles. The van der Waals surface area contributed by atoms with Crippen molar-refractivity contribution >= 4 is 30.6 Å². The molecule has 2 fully saturated rings. The van der Waals surface area contributed by atoms with Gasteiger partial charge in [0.05, 0.1) is 15.9 Å². The molecule has 2 heterocycles. The highest BCUT2D eigenvalue weighted by molar-refractivity contribution is 7.92. The number of hydrogen-bond acceptors (Lipinski definition) is 6. The van der Waals surface area contributed by atoms with Crippen molar-refractivity contribution in [2.75, 3.05) is 58.6 Å². The number of fused-ring (bicyclic) bond motifs is 1. The van der Waals surface area contributed by atoms with Crippen molar-refractivity contribution in [1.82, 2.24) is 14.1 Å². The van der Waals surface area contributed by atoms with Gasteiger partial charge in [-0.05, 0) is 55.3 Å². The first-order valence-corrected chi connectivity index (χ1v) is 15.5. The lowest BCUT2D eigenvalue weighted by Crippen LogP contribution is -2.45. The van der Waals surface area contributed by atoms with Crippen molar-refractivity contribution in [3.05, 3.63) is 42.5 Å². The van der Waals surface area contributed by atoms with Crippen molar-refractivity contribution in [3.63, 3.8) is 0 Å². The molecule has 1 unspecified atom stereocenters. The number of hydrogen-bond donors (Lipinski definition) is 0. The van der Waals surface area contributed by atoms with Gasteiger partial charge in [0.25, 0.3) is 0 Å². The van der Waals surface area contributed by atoms with Crippen molar-refractivity contribution in [3.8, 4) is 0 Å². The van der Waals surface area contributed by atoms with Gasteiger partial charge in [0.1, 0.15) is 0 Å². The van der Waals surface area contributed by atoms with Gasteiger partial charge in [0, 0.05) is 39.3 Å². The third-order valence-corrected chi connectivity index (χ3v) is 11.5. The van der Waals surface area contributed by atoms with Crippen LogP contribution in [0.2, 0.25) is 0 Å². The van der Waals surface area contributed by atoms with Gasteiger partial charge in [-0.25, -0.2) is 16.8 Å². The maximum absolute atomic E-state index is 13.5. The molecule has 2 aliphatic rings. The minimum absolute atomic E-state index is 0.0523.